The largest absolute Gasteiger partial charge is 0.355 e. The lowest BCUT2D eigenvalue weighted by molar-refractivity contribution is 1.07. The summed E-state index contributed by atoms with van der Waals surface area (Å²) in [5, 5.41) is 0. The summed E-state index contributed by atoms with van der Waals surface area (Å²) in [5.41, 5.74) is 9.11. The first-order valence-corrected chi connectivity index (χ1v) is 8.35. The number of fused-ring (bicyclic) bond motifs is 6. The second-order valence-corrected chi connectivity index (χ2v) is 6.50. The minimum atomic E-state index is 0.972. The van der Waals surface area contributed by atoms with Gasteiger partial charge in [0.25, 0.3) is 0 Å². The van der Waals surface area contributed by atoms with E-state index in [0.717, 1.165) is 47.8 Å². The van der Waals surface area contributed by atoms with Gasteiger partial charge in [0.1, 0.15) is 0 Å². The van der Waals surface area contributed by atoms with Crippen LogP contribution in [-0.2, 0) is 0 Å². The first kappa shape index (κ1) is 13.5. The summed E-state index contributed by atoms with van der Waals surface area (Å²) in [6.45, 7) is 0. The molecule has 0 saturated heterocycles. The number of allylic oxidation sites excluding steroid dienone is 9. The van der Waals surface area contributed by atoms with E-state index in [-0.39, 0.29) is 0 Å². The standard InChI is InChI=1S/C21H17N3/c1-2-15-9-14(1)10-16-3-5-18(22-16)12-20-7-8-21(24-20)13-19-6-4-17(11-15)23-19/h1-3,5,7-8,10-13,22H,4,6,9H2. The van der Waals surface area contributed by atoms with Crippen molar-refractivity contribution in [2.24, 2.45) is 9.98 Å². The average molecular weight is 311 g/mol. The van der Waals surface area contributed by atoms with Crippen LogP contribution in [-0.4, -0.2) is 16.4 Å². The van der Waals surface area contributed by atoms with E-state index in [2.05, 4.69) is 70.7 Å². The highest BCUT2D eigenvalue weighted by molar-refractivity contribution is 6.08. The summed E-state index contributed by atoms with van der Waals surface area (Å²) in [6.07, 6.45) is 20.1. The van der Waals surface area contributed by atoms with Crippen LogP contribution in [0.5, 0.6) is 0 Å². The zero-order chi connectivity index (χ0) is 15.9. The van der Waals surface area contributed by atoms with Crippen LogP contribution in [0.3, 0.4) is 0 Å². The zero-order valence-corrected chi connectivity index (χ0v) is 13.3. The SMILES string of the molecule is C1=CC2=Cc3ccc([nH]3)C=C3C=CC(=N3)C=C3CCC(=N3)C=C1C2. The quantitative estimate of drug-likeness (QED) is 0.717. The van der Waals surface area contributed by atoms with Gasteiger partial charge < -0.3 is 4.98 Å². The Labute approximate surface area is 140 Å². The van der Waals surface area contributed by atoms with Crippen molar-refractivity contribution in [1.29, 1.82) is 0 Å². The van der Waals surface area contributed by atoms with Crippen molar-refractivity contribution in [2.75, 3.05) is 0 Å². The van der Waals surface area contributed by atoms with Crippen LogP contribution < -0.4 is 0 Å². The highest BCUT2D eigenvalue weighted by atomic mass is 14.8. The third-order valence-corrected chi connectivity index (χ3v) is 4.57. The molecule has 1 aliphatic carbocycles. The van der Waals surface area contributed by atoms with E-state index in [4.69, 9.17) is 4.99 Å². The van der Waals surface area contributed by atoms with Crippen molar-refractivity contribution < 1.29 is 0 Å². The van der Waals surface area contributed by atoms with E-state index in [9.17, 15) is 0 Å². The lowest BCUT2D eigenvalue weighted by Crippen LogP contribution is -1.88. The van der Waals surface area contributed by atoms with Crippen LogP contribution in [0.4, 0.5) is 0 Å². The lowest BCUT2D eigenvalue weighted by atomic mass is 10.1. The number of rotatable bonds is 0. The average Bonchev–Trinajstić information content (AvgIpc) is 3.32. The van der Waals surface area contributed by atoms with Gasteiger partial charge in [-0.2, -0.15) is 0 Å². The molecule has 0 atom stereocenters. The Bertz CT molecular complexity index is 968. The van der Waals surface area contributed by atoms with Gasteiger partial charge in [0.2, 0.25) is 0 Å². The Balaban J connectivity index is 1.63. The van der Waals surface area contributed by atoms with Crippen LogP contribution >= 0.6 is 0 Å². The van der Waals surface area contributed by atoms with Crippen LogP contribution in [0.25, 0.3) is 12.2 Å². The fraction of sp³-hybridized carbons (Fsp3) is 0.143. The molecule has 24 heavy (non-hydrogen) atoms. The van der Waals surface area contributed by atoms with Gasteiger partial charge in [-0.25, -0.2) is 4.99 Å². The number of H-pyrrole nitrogens is 1. The molecule has 0 fully saturated rings. The molecule has 3 aliphatic heterocycles. The Kier molecular flexibility index (Phi) is 2.98. The van der Waals surface area contributed by atoms with Gasteiger partial charge in [0.05, 0.1) is 11.4 Å². The summed E-state index contributed by atoms with van der Waals surface area (Å²) >= 11 is 0. The van der Waals surface area contributed by atoms with Crippen molar-refractivity contribution in [3.63, 3.8) is 0 Å². The van der Waals surface area contributed by atoms with E-state index in [1.807, 2.05) is 0 Å². The van der Waals surface area contributed by atoms with Gasteiger partial charge in [0.15, 0.2) is 0 Å². The molecule has 1 aromatic heterocycles. The maximum absolute atomic E-state index is 4.77. The second-order valence-electron chi connectivity index (χ2n) is 6.50. The minimum Gasteiger partial charge on any atom is -0.355 e. The fourth-order valence-corrected chi connectivity index (χ4v) is 3.42. The van der Waals surface area contributed by atoms with Gasteiger partial charge in [-0.3, -0.25) is 4.99 Å². The van der Waals surface area contributed by atoms with E-state index in [1.54, 1.807) is 0 Å². The summed E-state index contributed by atoms with van der Waals surface area (Å²) in [7, 11) is 0. The minimum absolute atomic E-state index is 0.972. The third-order valence-electron chi connectivity index (χ3n) is 4.57. The molecule has 8 bridgehead atoms. The molecule has 1 N–H and O–H groups in total. The zero-order valence-electron chi connectivity index (χ0n) is 13.3. The van der Waals surface area contributed by atoms with Gasteiger partial charge in [-0.1, -0.05) is 12.2 Å². The normalized spacial score (nSPS) is 21.2. The smallest absolute Gasteiger partial charge is 0.0658 e. The highest BCUT2D eigenvalue weighted by Crippen LogP contribution is 2.27. The van der Waals surface area contributed by atoms with Crippen LogP contribution in [0.2, 0.25) is 0 Å². The van der Waals surface area contributed by atoms with E-state index in [1.165, 1.54) is 16.9 Å². The molecule has 3 nitrogen and oxygen atoms in total. The molecule has 3 heteroatoms. The van der Waals surface area contributed by atoms with Crippen molar-refractivity contribution >= 4 is 23.6 Å². The highest BCUT2D eigenvalue weighted by Gasteiger charge is 2.14. The lowest BCUT2D eigenvalue weighted by Gasteiger charge is -1.97. The van der Waals surface area contributed by atoms with Gasteiger partial charge >= 0.3 is 0 Å². The van der Waals surface area contributed by atoms with Crippen molar-refractivity contribution in [2.45, 2.75) is 19.3 Å². The molecule has 0 spiro atoms. The molecule has 4 heterocycles. The van der Waals surface area contributed by atoms with E-state index >= 15 is 0 Å². The molecule has 0 saturated carbocycles. The Morgan fingerprint density at radius 3 is 2.50 bits per heavy atom. The van der Waals surface area contributed by atoms with Crippen molar-refractivity contribution in [3.8, 4) is 0 Å². The third kappa shape index (κ3) is 2.58. The first-order chi connectivity index (χ1) is 11.8. The van der Waals surface area contributed by atoms with Gasteiger partial charge in [0, 0.05) is 22.8 Å². The molecule has 0 aromatic carbocycles. The van der Waals surface area contributed by atoms with E-state index in [0.29, 0.717) is 0 Å². The molecule has 0 unspecified atom stereocenters. The maximum atomic E-state index is 4.77. The van der Waals surface area contributed by atoms with Gasteiger partial charge in [-0.15, -0.1) is 0 Å². The summed E-state index contributed by atoms with van der Waals surface area (Å²) in [5.74, 6) is 0. The van der Waals surface area contributed by atoms with E-state index < -0.39 is 0 Å². The Morgan fingerprint density at radius 2 is 1.58 bits per heavy atom. The summed E-state index contributed by atoms with van der Waals surface area (Å²) in [6, 6.07) is 4.21. The number of aliphatic imine (C=N–C) groups is 2. The predicted molar refractivity (Wildman–Crippen MR) is 99.9 cm³/mol. The molecule has 0 radical (unpaired) electrons. The monoisotopic (exact) mass is 311 g/mol. The number of aromatic nitrogens is 1. The van der Waals surface area contributed by atoms with Gasteiger partial charge in [-0.05, 0) is 79.0 Å². The topological polar surface area (TPSA) is 40.5 Å². The molecule has 116 valence electrons. The Morgan fingerprint density at radius 1 is 0.750 bits per heavy atom. The molecule has 0 amide bonds. The molecule has 5 rings (SSSR count). The first-order valence-electron chi connectivity index (χ1n) is 8.35. The maximum Gasteiger partial charge on any atom is 0.0658 e. The molecular formula is C21H17N3. The van der Waals surface area contributed by atoms with Crippen LogP contribution in [0.15, 0.2) is 81.1 Å². The van der Waals surface area contributed by atoms with Crippen molar-refractivity contribution in [3.05, 3.63) is 82.5 Å². The summed E-state index contributed by atoms with van der Waals surface area (Å²) < 4.78 is 0. The molecule has 4 aliphatic rings. The number of nitrogens with zero attached hydrogens (tertiary/aromatic N) is 2. The fourth-order valence-electron chi connectivity index (χ4n) is 3.42. The molecule has 1 aromatic rings. The van der Waals surface area contributed by atoms with Crippen LogP contribution in [0.1, 0.15) is 30.7 Å². The Hall–Kier alpha value is -2.94. The number of hydrogen-bond acceptors (Lipinski definition) is 2. The second kappa shape index (κ2) is 5.31. The summed E-state index contributed by atoms with van der Waals surface area (Å²) in [4.78, 5) is 12.9. The van der Waals surface area contributed by atoms with Crippen LogP contribution in [0, 0.1) is 0 Å². The predicted octanol–water partition coefficient (Wildman–Crippen LogP) is 4.77. The number of hydrogen-bond donors (Lipinski definition) is 1. The number of aromatic amines is 1. The molecular weight excluding hydrogens is 294 g/mol. The van der Waals surface area contributed by atoms with Crippen molar-refractivity contribution in [1.82, 2.24) is 4.98 Å². The number of nitrogens with one attached hydrogen (secondary N) is 1.